The number of allylic oxidation sites excluding steroid dienone is 3. The molecule has 0 bridgehead atoms. The van der Waals surface area contributed by atoms with Crippen molar-refractivity contribution in [3.8, 4) is 0 Å². The number of cyclic esters (lactones) is 1. The van der Waals surface area contributed by atoms with Crippen molar-refractivity contribution in [1.29, 1.82) is 0 Å². The van der Waals surface area contributed by atoms with Crippen molar-refractivity contribution in [3.63, 3.8) is 0 Å². The molecular formula is C35H54O5. The minimum absolute atomic E-state index is 0.246. The van der Waals surface area contributed by atoms with Crippen LogP contribution in [0.3, 0.4) is 0 Å². The van der Waals surface area contributed by atoms with Crippen LogP contribution in [0.1, 0.15) is 123 Å². The summed E-state index contributed by atoms with van der Waals surface area (Å²) >= 11 is 0. The summed E-state index contributed by atoms with van der Waals surface area (Å²) in [6, 6.07) is 10.0. The average molecular weight is 555 g/mol. The highest BCUT2D eigenvalue weighted by molar-refractivity contribution is 5.91. The van der Waals surface area contributed by atoms with E-state index in [9.17, 15) is 4.79 Å². The Labute approximate surface area is 243 Å². The second-order valence-corrected chi connectivity index (χ2v) is 12.0. The van der Waals surface area contributed by atoms with E-state index in [2.05, 4.69) is 25.2 Å². The highest BCUT2D eigenvalue weighted by atomic mass is 16.8. The van der Waals surface area contributed by atoms with Crippen LogP contribution < -0.4 is 0 Å². The first kappa shape index (κ1) is 32.6. The number of benzene rings is 1. The third kappa shape index (κ3) is 11.5. The molecule has 0 N–H and O–H groups in total. The first-order valence-electron chi connectivity index (χ1n) is 15.9. The van der Waals surface area contributed by atoms with E-state index in [0.717, 1.165) is 24.0 Å². The van der Waals surface area contributed by atoms with E-state index >= 15 is 0 Å². The Morgan fingerprint density at radius 3 is 2.12 bits per heavy atom. The van der Waals surface area contributed by atoms with Crippen LogP contribution in [0, 0.1) is 0 Å². The summed E-state index contributed by atoms with van der Waals surface area (Å²) in [6.45, 7) is 7.19. The quantitative estimate of drug-likeness (QED) is 0.0697. The number of ether oxygens (including phenoxy) is 4. The SMILES string of the molecule is CCCCCCCC/C=C\CCCCCCC/C=C1\C[C@@](COCc2ccccc2)([C@@H]2COC(C)(C)O2)OC1=O. The molecular weight excluding hydrogens is 500 g/mol. The van der Waals surface area contributed by atoms with E-state index in [1.807, 2.05) is 44.2 Å². The van der Waals surface area contributed by atoms with E-state index in [1.165, 1.54) is 77.0 Å². The molecule has 1 aromatic rings. The molecule has 2 heterocycles. The molecule has 1 aromatic carbocycles. The van der Waals surface area contributed by atoms with Gasteiger partial charge in [-0.15, -0.1) is 0 Å². The topological polar surface area (TPSA) is 54.0 Å². The Balaban J connectivity index is 1.34. The van der Waals surface area contributed by atoms with Crippen LogP contribution in [0.15, 0.2) is 54.1 Å². The van der Waals surface area contributed by atoms with Crippen LogP contribution in [0.5, 0.6) is 0 Å². The molecule has 0 amide bonds. The number of esters is 1. The van der Waals surface area contributed by atoms with Gasteiger partial charge in [-0.05, 0) is 57.9 Å². The van der Waals surface area contributed by atoms with Gasteiger partial charge in [0.15, 0.2) is 11.4 Å². The fourth-order valence-corrected chi connectivity index (χ4v) is 5.54. The summed E-state index contributed by atoms with van der Waals surface area (Å²) in [5.41, 5.74) is 0.978. The van der Waals surface area contributed by atoms with E-state index < -0.39 is 11.4 Å². The molecule has 0 aliphatic carbocycles. The molecule has 40 heavy (non-hydrogen) atoms. The predicted molar refractivity (Wildman–Crippen MR) is 162 cm³/mol. The molecule has 0 aromatic heterocycles. The molecule has 5 nitrogen and oxygen atoms in total. The average Bonchev–Trinajstić information content (AvgIpc) is 3.48. The third-order valence-electron chi connectivity index (χ3n) is 7.96. The number of rotatable bonds is 20. The van der Waals surface area contributed by atoms with Gasteiger partial charge >= 0.3 is 5.97 Å². The van der Waals surface area contributed by atoms with E-state index in [0.29, 0.717) is 19.6 Å². The molecule has 0 unspecified atom stereocenters. The first-order chi connectivity index (χ1) is 19.4. The minimum atomic E-state index is -0.853. The van der Waals surface area contributed by atoms with E-state index in [-0.39, 0.29) is 18.7 Å². The number of hydrogen-bond donors (Lipinski definition) is 0. The van der Waals surface area contributed by atoms with Gasteiger partial charge in [0.25, 0.3) is 0 Å². The van der Waals surface area contributed by atoms with Crippen molar-refractivity contribution in [2.24, 2.45) is 0 Å². The molecule has 2 saturated heterocycles. The molecule has 2 atom stereocenters. The van der Waals surface area contributed by atoms with Gasteiger partial charge in [-0.25, -0.2) is 4.79 Å². The second kappa shape index (κ2) is 17.8. The summed E-state index contributed by atoms with van der Waals surface area (Å²) in [5, 5.41) is 0. The van der Waals surface area contributed by atoms with E-state index in [4.69, 9.17) is 18.9 Å². The molecule has 2 aliphatic heterocycles. The van der Waals surface area contributed by atoms with Gasteiger partial charge < -0.3 is 18.9 Å². The third-order valence-corrected chi connectivity index (χ3v) is 7.96. The lowest BCUT2D eigenvalue weighted by Gasteiger charge is -2.32. The zero-order valence-corrected chi connectivity index (χ0v) is 25.5. The lowest BCUT2D eigenvalue weighted by atomic mass is 9.91. The second-order valence-electron chi connectivity index (χ2n) is 12.0. The molecule has 2 aliphatic rings. The number of unbranched alkanes of at least 4 members (excludes halogenated alkanes) is 12. The van der Waals surface area contributed by atoms with Gasteiger partial charge in [-0.1, -0.05) is 107 Å². The van der Waals surface area contributed by atoms with Crippen molar-refractivity contribution < 1.29 is 23.7 Å². The summed E-state index contributed by atoms with van der Waals surface area (Å²) < 4.78 is 24.1. The molecule has 0 spiro atoms. The highest BCUT2D eigenvalue weighted by Gasteiger charge is 2.54. The zero-order valence-electron chi connectivity index (χ0n) is 25.5. The highest BCUT2D eigenvalue weighted by Crippen LogP contribution is 2.40. The maximum absolute atomic E-state index is 12.9. The van der Waals surface area contributed by atoms with Crippen LogP contribution in [0.2, 0.25) is 0 Å². The molecule has 224 valence electrons. The van der Waals surface area contributed by atoms with Gasteiger partial charge in [0, 0.05) is 12.0 Å². The van der Waals surface area contributed by atoms with Gasteiger partial charge in [0.05, 0.1) is 19.8 Å². The summed E-state index contributed by atoms with van der Waals surface area (Å²) in [4.78, 5) is 12.9. The Morgan fingerprint density at radius 1 is 0.875 bits per heavy atom. The fraction of sp³-hybridized carbons (Fsp3) is 0.686. The van der Waals surface area contributed by atoms with Crippen LogP contribution in [0.4, 0.5) is 0 Å². The van der Waals surface area contributed by atoms with Crippen LogP contribution in [-0.4, -0.2) is 36.7 Å². The number of hydrogen-bond acceptors (Lipinski definition) is 5. The first-order valence-corrected chi connectivity index (χ1v) is 15.9. The summed E-state index contributed by atoms with van der Waals surface area (Å²) in [5.74, 6) is -0.941. The Kier molecular flexibility index (Phi) is 14.5. The molecule has 3 rings (SSSR count). The van der Waals surface area contributed by atoms with E-state index in [1.54, 1.807) is 0 Å². The van der Waals surface area contributed by atoms with Crippen LogP contribution >= 0.6 is 0 Å². The largest absolute Gasteiger partial charge is 0.450 e. The molecule has 0 saturated carbocycles. The Hall–Kier alpha value is -1.95. The summed E-state index contributed by atoms with van der Waals surface area (Å²) in [7, 11) is 0. The van der Waals surface area contributed by atoms with Gasteiger partial charge in [-0.2, -0.15) is 0 Å². The Morgan fingerprint density at radius 2 is 1.50 bits per heavy atom. The van der Waals surface area contributed by atoms with Gasteiger partial charge in [0.2, 0.25) is 0 Å². The zero-order chi connectivity index (χ0) is 28.5. The van der Waals surface area contributed by atoms with Crippen LogP contribution in [0.25, 0.3) is 0 Å². The maximum atomic E-state index is 12.9. The number of carbonyl (C=O) groups is 1. The smallest absolute Gasteiger partial charge is 0.334 e. The number of carbonyl (C=O) groups excluding carboxylic acids is 1. The normalized spacial score (nSPS) is 23.4. The molecule has 5 heteroatoms. The Bertz CT molecular complexity index is 906. The van der Waals surface area contributed by atoms with Crippen molar-refractivity contribution >= 4 is 5.97 Å². The van der Waals surface area contributed by atoms with Crippen molar-refractivity contribution in [3.05, 3.63) is 59.7 Å². The van der Waals surface area contributed by atoms with Gasteiger partial charge in [0.1, 0.15) is 6.10 Å². The van der Waals surface area contributed by atoms with Crippen molar-refractivity contribution in [1.82, 2.24) is 0 Å². The lowest BCUT2D eigenvalue weighted by molar-refractivity contribution is -0.192. The predicted octanol–water partition coefficient (Wildman–Crippen LogP) is 9.00. The van der Waals surface area contributed by atoms with Crippen molar-refractivity contribution in [2.45, 2.75) is 141 Å². The lowest BCUT2D eigenvalue weighted by Crippen LogP contribution is -2.48. The fourth-order valence-electron chi connectivity index (χ4n) is 5.54. The monoisotopic (exact) mass is 554 g/mol. The van der Waals surface area contributed by atoms with Crippen molar-refractivity contribution in [2.75, 3.05) is 13.2 Å². The molecule has 2 fully saturated rings. The maximum Gasteiger partial charge on any atom is 0.334 e. The molecule has 0 radical (unpaired) electrons. The minimum Gasteiger partial charge on any atom is -0.450 e. The standard InChI is InChI=1S/C35H54O5/c1-4-5-6-7-8-9-10-11-12-13-14-15-16-17-18-22-25-31-26-35(40-33(31)36,32-28-38-34(2,3)39-32)29-37-27-30-23-20-19-21-24-30/h11-12,19-21,23-25,32H,4-10,13-18,22,26-29H2,1-3H3/b12-11-,31-25+/t32-,35+/m0/s1. The van der Waals surface area contributed by atoms with Crippen LogP contribution in [-0.2, 0) is 30.3 Å². The summed E-state index contributed by atoms with van der Waals surface area (Å²) in [6.07, 6.45) is 24.6. The van der Waals surface area contributed by atoms with Gasteiger partial charge in [-0.3, -0.25) is 0 Å².